The lowest BCUT2D eigenvalue weighted by atomic mass is 9.95. The number of rotatable bonds is 14. The summed E-state index contributed by atoms with van der Waals surface area (Å²) >= 11 is 0. The van der Waals surface area contributed by atoms with Gasteiger partial charge >= 0.3 is 24.0 Å². The van der Waals surface area contributed by atoms with Crippen molar-refractivity contribution in [2.45, 2.75) is 51.7 Å². The quantitative estimate of drug-likeness (QED) is 0.154. The number of aromatic carboxylic acids is 1. The molecule has 0 unspecified atom stereocenters. The van der Waals surface area contributed by atoms with Gasteiger partial charge in [0.05, 0.1) is 12.7 Å². The third-order valence-corrected chi connectivity index (χ3v) is 7.33. The maximum absolute atomic E-state index is 13.5. The molecule has 3 aromatic rings. The van der Waals surface area contributed by atoms with Crippen molar-refractivity contribution < 1.29 is 48.0 Å². The second-order valence-electron chi connectivity index (χ2n) is 12.3. The first-order valence-corrected chi connectivity index (χ1v) is 15.5. The summed E-state index contributed by atoms with van der Waals surface area (Å²) in [6.45, 7) is 8.28. The van der Waals surface area contributed by atoms with Gasteiger partial charge in [-0.1, -0.05) is 43.0 Å². The minimum absolute atomic E-state index is 0.0231. The molecule has 4 rings (SSSR count). The molecule has 1 fully saturated rings. The first-order valence-electron chi connectivity index (χ1n) is 15.5. The average Bonchev–Trinajstić information content (AvgIpc) is 3.90. The Hall–Kier alpha value is -5.72. The first kappa shape index (κ1) is 36.1. The summed E-state index contributed by atoms with van der Waals surface area (Å²) in [6.07, 6.45) is 2.63. The Morgan fingerprint density at radius 1 is 1.02 bits per heavy atom. The van der Waals surface area contributed by atoms with Gasteiger partial charge in [-0.2, -0.15) is 0 Å². The van der Waals surface area contributed by atoms with E-state index in [9.17, 15) is 29.1 Å². The van der Waals surface area contributed by atoms with Gasteiger partial charge in [0.25, 0.3) is 5.91 Å². The van der Waals surface area contributed by atoms with Gasteiger partial charge in [0, 0.05) is 29.7 Å². The number of aromatic nitrogens is 1. The molecule has 0 bridgehead atoms. The number of ether oxygens (including phenoxy) is 4. The lowest BCUT2D eigenvalue weighted by Gasteiger charge is -2.23. The Labute approximate surface area is 283 Å². The fraction of sp³-hybridized carbons (Fsp3) is 0.333. The molecule has 2 aromatic carbocycles. The summed E-state index contributed by atoms with van der Waals surface area (Å²) in [5.41, 5.74) is -0.338. The molecule has 13 nitrogen and oxygen atoms in total. The van der Waals surface area contributed by atoms with E-state index in [4.69, 9.17) is 18.9 Å². The van der Waals surface area contributed by atoms with Gasteiger partial charge in [-0.15, -0.1) is 0 Å². The van der Waals surface area contributed by atoms with Gasteiger partial charge in [-0.3, -0.25) is 4.79 Å². The van der Waals surface area contributed by atoms with E-state index in [0.29, 0.717) is 18.0 Å². The fourth-order valence-electron chi connectivity index (χ4n) is 4.74. The monoisotopic (exact) mass is 673 g/mol. The van der Waals surface area contributed by atoms with Crippen molar-refractivity contribution in [1.82, 2.24) is 15.6 Å². The normalized spacial score (nSPS) is 13.0. The van der Waals surface area contributed by atoms with Crippen LogP contribution < -0.4 is 15.4 Å². The lowest BCUT2D eigenvalue weighted by molar-refractivity contribution is -0.154. The lowest BCUT2D eigenvalue weighted by Crippen LogP contribution is -2.45. The van der Waals surface area contributed by atoms with Crippen molar-refractivity contribution in [2.24, 2.45) is 5.92 Å². The Balaban J connectivity index is 1.60. The van der Waals surface area contributed by atoms with E-state index in [1.807, 2.05) is 0 Å². The number of carbonyl (C=O) groups is 5. The van der Waals surface area contributed by atoms with E-state index in [2.05, 4.69) is 22.2 Å². The third kappa shape index (κ3) is 10.1. The van der Waals surface area contributed by atoms with Crippen molar-refractivity contribution in [3.63, 3.8) is 0 Å². The Morgan fingerprint density at radius 2 is 1.73 bits per heavy atom. The number of nitrogens with one attached hydrogen (secondary N) is 2. The summed E-state index contributed by atoms with van der Waals surface area (Å²) < 4.78 is 21.2. The van der Waals surface area contributed by atoms with Crippen LogP contribution in [-0.4, -0.2) is 72.1 Å². The summed E-state index contributed by atoms with van der Waals surface area (Å²) in [7, 11) is 1.39. The number of carbonyl (C=O) groups excluding carboxylic acids is 4. The van der Waals surface area contributed by atoms with Crippen molar-refractivity contribution in [2.75, 3.05) is 20.4 Å². The zero-order chi connectivity index (χ0) is 35.7. The molecule has 49 heavy (non-hydrogen) atoms. The standard InChI is InChI=1S/C36H39N3O10/c1-6-23-17-26(32(41)42)25(18-29(23)46-5)24-14-15-27(31(40)37-19-22-12-13-22)38-30(24)34(44)48-20-47-33(43)28(16-21-10-8-7-9-11-21)39-35(45)49-36(2,3)4/h6-11,14-15,17-18,22,28H,1,12-13,16,19-20H2,2-5H3,(H,37,40)(H,39,45)(H,41,42)/t28-/m0/s1. The van der Waals surface area contributed by atoms with Crippen molar-refractivity contribution >= 4 is 36.0 Å². The second kappa shape index (κ2) is 15.9. The van der Waals surface area contributed by atoms with Crippen LogP contribution in [0.25, 0.3) is 17.2 Å². The highest BCUT2D eigenvalue weighted by Crippen LogP contribution is 2.34. The van der Waals surface area contributed by atoms with E-state index in [1.165, 1.54) is 37.5 Å². The Morgan fingerprint density at radius 3 is 2.35 bits per heavy atom. The maximum atomic E-state index is 13.5. The van der Waals surface area contributed by atoms with Crippen LogP contribution in [0.2, 0.25) is 0 Å². The highest BCUT2D eigenvalue weighted by Gasteiger charge is 2.28. The Kier molecular flexibility index (Phi) is 11.7. The van der Waals surface area contributed by atoms with E-state index >= 15 is 0 Å². The smallest absolute Gasteiger partial charge is 0.408 e. The number of amides is 2. The zero-order valence-electron chi connectivity index (χ0n) is 27.7. The average molecular weight is 674 g/mol. The number of benzene rings is 2. The summed E-state index contributed by atoms with van der Waals surface area (Å²) in [5.74, 6) is -3.20. The molecular weight excluding hydrogens is 634 g/mol. The molecule has 3 N–H and O–H groups in total. The number of pyridine rings is 1. The van der Waals surface area contributed by atoms with Crippen molar-refractivity contribution in [3.8, 4) is 16.9 Å². The molecule has 0 spiro atoms. The molecule has 2 amide bonds. The van der Waals surface area contributed by atoms with Crippen LogP contribution in [-0.2, 0) is 25.4 Å². The van der Waals surface area contributed by atoms with Gasteiger partial charge in [0.2, 0.25) is 6.79 Å². The maximum Gasteiger partial charge on any atom is 0.408 e. The van der Waals surface area contributed by atoms with Crippen LogP contribution in [0, 0.1) is 5.92 Å². The fourth-order valence-corrected chi connectivity index (χ4v) is 4.74. The molecular formula is C36H39N3O10. The first-order chi connectivity index (χ1) is 23.3. The van der Waals surface area contributed by atoms with E-state index in [-0.39, 0.29) is 34.6 Å². The predicted molar refractivity (Wildman–Crippen MR) is 178 cm³/mol. The van der Waals surface area contributed by atoms with Crippen LogP contribution in [0.4, 0.5) is 4.79 Å². The SMILES string of the molecule is C=Cc1cc(C(=O)O)c(-c2ccc(C(=O)NCC3CC3)nc2C(=O)OCOC(=O)[C@H](Cc2ccccc2)NC(=O)OC(C)(C)C)cc1OC. The van der Waals surface area contributed by atoms with E-state index < -0.39 is 54.0 Å². The van der Waals surface area contributed by atoms with Crippen LogP contribution in [0.3, 0.4) is 0 Å². The topological polar surface area (TPSA) is 179 Å². The number of carboxylic acids is 1. The van der Waals surface area contributed by atoms with E-state index in [0.717, 1.165) is 18.4 Å². The van der Waals surface area contributed by atoms with E-state index in [1.54, 1.807) is 51.1 Å². The van der Waals surface area contributed by atoms with Crippen molar-refractivity contribution in [3.05, 3.63) is 89.3 Å². The number of methoxy groups -OCH3 is 1. The second-order valence-corrected chi connectivity index (χ2v) is 12.3. The third-order valence-electron chi connectivity index (χ3n) is 7.33. The largest absolute Gasteiger partial charge is 0.496 e. The zero-order valence-corrected chi connectivity index (χ0v) is 27.7. The van der Waals surface area contributed by atoms with Gasteiger partial charge in [0.1, 0.15) is 23.1 Å². The minimum Gasteiger partial charge on any atom is -0.496 e. The Bertz CT molecular complexity index is 1730. The van der Waals surface area contributed by atoms with Gasteiger partial charge in [-0.25, -0.2) is 24.2 Å². The molecule has 1 aliphatic rings. The molecule has 0 radical (unpaired) electrons. The van der Waals surface area contributed by atoms with Crippen LogP contribution in [0.15, 0.2) is 61.2 Å². The summed E-state index contributed by atoms with van der Waals surface area (Å²) in [5, 5.41) is 15.3. The molecule has 0 saturated heterocycles. The van der Waals surface area contributed by atoms with Gasteiger partial charge < -0.3 is 34.7 Å². The van der Waals surface area contributed by atoms with Crippen LogP contribution in [0.5, 0.6) is 5.75 Å². The number of alkyl carbamates (subject to hydrolysis) is 1. The molecule has 258 valence electrons. The van der Waals surface area contributed by atoms with Gasteiger partial charge in [0.15, 0.2) is 5.69 Å². The molecule has 1 atom stereocenters. The van der Waals surface area contributed by atoms with Crippen molar-refractivity contribution in [1.29, 1.82) is 0 Å². The summed E-state index contributed by atoms with van der Waals surface area (Å²) in [6, 6.07) is 13.2. The molecule has 13 heteroatoms. The van der Waals surface area contributed by atoms with Crippen LogP contribution >= 0.6 is 0 Å². The number of nitrogens with zero attached hydrogens (tertiary/aromatic N) is 1. The summed E-state index contributed by atoms with van der Waals surface area (Å²) in [4.78, 5) is 68.6. The number of carboxylic acid groups (broad SMARTS) is 1. The number of esters is 2. The number of hydrogen-bond acceptors (Lipinski definition) is 10. The molecule has 1 aromatic heterocycles. The van der Waals surface area contributed by atoms with Gasteiger partial charge in [-0.05, 0) is 69.4 Å². The minimum atomic E-state index is -1.30. The predicted octanol–water partition coefficient (Wildman–Crippen LogP) is 5.03. The molecule has 1 heterocycles. The molecule has 1 saturated carbocycles. The highest BCUT2D eigenvalue weighted by atomic mass is 16.7. The molecule has 1 aliphatic carbocycles. The highest BCUT2D eigenvalue weighted by molar-refractivity contribution is 6.04. The van der Waals surface area contributed by atoms with Crippen LogP contribution in [0.1, 0.15) is 76.1 Å². The molecule has 0 aliphatic heterocycles. The number of hydrogen-bond donors (Lipinski definition) is 3.